The number of aromatic amines is 1. The lowest BCUT2D eigenvalue weighted by atomic mass is 10.1. The highest BCUT2D eigenvalue weighted by Gasteiger charge is 2.38. The molecule has 1 saturated carbocycles. The van der Waals surface area contributed by atoms with E-state index < -0.39 is 0 Å². The second-order valence-electron chi connectivity index (χ2n) is 11.0. The van der Waals surface area contributed by atoms with Crippen molar-refractivity contribution in [3.8, 4) is 0 Å². The first kappa shape index (κ1) is 28.0. The lowest BCUT2D eigenvalue weighted by Crippen LogP contribution is -2.48. The summed E-state index contributed by atoms with van der Waals surface area (Å²) in [5.41, 5.74) is 2.20. The molecular formula is C28H33ClN6O5S. The lowest BCUT2D eigenvalue weighted by molar-refractivity contribution is 0.0229. The van der Waals surface area contributed by atoms with Crippen LogP contribution in [0.1, 0.15) is 43.7 Å². The van der Waals surface area contributed by atoms with Crippen LogP contribution >= 0.6 is 22.9 Å². The SMILES string of the molecule is CN1CCc2nc(C(=O)N[C@@H]3CC(COC(=O)N4CCOCC4)CC3NC(=O)c3cc4cc(Cl)ccc4[nH]3)sc2C1. The molecule has 41 heavy (non-hydrogen) atoms. The molecule has 1 saturated heterocycles. The van der Waals surface area contributed by atoms with Gasteiger partial charge in [0.05, 0.1) is 25.5 Å². The largest absolute Gasteiger partial charge is 0.449 e. The smallest absolute Gasteiger partial charge is 0.409 e. The average Bonchev–Trinajstić information content (AvgIpc) is 3.68. The fourth-order valence-electron chi connectivity index (χ4n) is 5.75. The molecule has 2 aromatic heterocycles. The van der Waals surface area contributed by atoms with Gasteiger partial charge in [0.1, 0.15) is 5.69 Å². The number of thiazole rings is 1. The minimum absolute atomic E-state index is 0.0322. The number of carbonyl (C=O) groups excluding carboxylic acids is 3. The number of halogens is 1. The van der Waals surface area contributed by atoms with E-state index in [1.165, 1.54) is 11.3 Å². The maximum atomic E-state index is 13.3. The predicted molar refractivity (Wildman–Crippen MR) is 154 cm³/mol. The number of carbonyl (C=O) groups is 3. The number of nitrogens with zero attached hydrogens (tertiary/aromatic N) is 3. The monoisotopic (exact) mass is 600 g/mol. The summed E-state index contributed by atoms with van der Waals surface area (Å²) < 4.78 is 10.9. The Kier molecular flexibility index (Phi) is 8.16. The highest BCUT2D eigenvalue weighted by atomic mass is 35.5. The van der Waals surface area contributed by atoms with Crippen LogP contribution in [0.15, 0.2) is 24.3 Å². The third-order valence-electron chi connectivity index (χ3n) is 7.95. The molecular weight excluding hydrogens is 568 g/mol. The number of amides is 3. The summed E-state index contributed by atoms with van der Waals surface area (Å²) in [5, 5.41) is 8.09. The van der Waals surface area contributed by atoms with E-state index in [1.54, 1.807) is 23.1 Å². The summed E-state index contributed by atoms with van der Waals surface area (Å²) in [7, 11) is 2.06. The van der Waals surface area contributed by atoms with Gasteiger partial charge in [-0.3, -0.25) is 9.59 Å². The molecule has 6 rings (SSSR count). The second kappa shape index (κ2) is 12.0. The molecule has 13 heteroatoms. The van der Waals surface area contributed by atoms with Gasteiger partial charge in [-0.05, 0) is 50.1 Å². The Bertz CT molecular complexity index is 1450. The molecule has 2 fully saturated rings. The molecule has 0 radical (unpaired) electrons. The minimum atomic E-state index is -0.364. The summed E-state index contributed by atoms with van der Waals surface area (Å²) in [5.74, 6) is -0.557. The topological polar surface area (TPSA) is 129 Å². The first-order valence-electron chi connectivity index (χ1n) is 13.9. The van der Waals surface area contributed by atoms with Gasteiger partial charge in [0, 0.05) is 65.5 Å². The Morgan fingerprint density at radius 2 is 1.88 bits per heavy atom. The van der Waals surface area contributed by atoms with E-state index >= 15 is 0 Å². The van der Waals surface area contributed by atoms with Crippen molar-refractivity contribution in [2.45, 2.75) is 37.9 Å². The van der Waals surface area contributed by atoms with E-state index in [1.807, 2.05) is 6.07 Å². The number of nitrogens with one attached hydrogen (secondary N) is 3. The molecule has 11 nitrogen and oxygen atoms in total. The van der Waals surface area contributed by atoms with E-state index in [4.69, 9.17) is 21.1 Å². The van der Waals surface area contributed by atoms with E-state index in [2.05, 4.69) is 32.5 Å². The normalized spacial score (nSPS) is 22.9. The van der Waals surface area contributed by atoms with Crippen LogP contribution in [0.4, 0.5) is 4.79 Å². The van der Waals surface area contributed by atoms with Gasteiger partial charge in [0.25, 0.3) is 11.8 Å². The van der Waals surface area contributed by atoms with Crippen LogP contribution in [0.25, 0.3) is 10.9 Å². The van der Waals surface area contributed by atoms with Gasteiger partial charge in [-0.15, -0.1) is 11.3 Å². The van der Waals surface area contributed by atoms with Crippen molar-refractivity contribution in [1.82, 2.24) is 30.4 Å². The number of hydrogen-bond acceptors (Lipinski definition) is 8. The molecule has 3 N–H and O–H groups in total. The number of aromatic nitrogens is 2. The van der Waals surface area contributed by atoms with Gasteiger partial charge in [0.15, 0.2) is 5.01 Å². The second-order valence-corrected chi connectivity index (χ2v) is 12.5. The summed E-state index contributed by atoms with van der Waals surface area (Å²) in [6, 6.07) is 6.46. The zero-order valence-corrected chi connectivity index (χ0v) is 24.4. The number of likely N-dealkylation sites (N-methyl/N-ethyl adjacent to an activating group) is 1. The van der Waals surface area contributed by atoms with Crippen molar-refractivity contribution in [2.75, 3.05) is 46.5 Å². The minimum Gasteiger partial charge on any atom is -0.449 e. The predicted octanol–water partition coefficient (Wildman–Crippen LogP) is 3.04. The van der Waals surface area contributed by atoms with Crippen LogP contribution in [0, 0.1) is 5.92 Å². The molecule has 3 amide bonds. The third-order valence-corrected chi connectivity index (χ3v) is 9.27. The summed E-state index contributed by atoms with van der Waals surface area (Å²) >= 11 is 7.54. The molecule has 1 aromatic carbocycles. The molecule has 218 valence electrons. The Hall–Kier alpha value is -3.19. The Morgan fingerprint density at radius 3 is 2.66 bits per heavy atom. The highest BCUT2D eigenvalue weighted by Crippen LogP contribution is 2.29. The Balaban J connectivity index is 1.14. The number of benzene rings is 1. The van der Waals surface area contributed by atoms with Crippen molar-refractivity contribution < 1.29 is 23.9 Å². The Labute approximate surface area is 246 Å². The first-order valence-corrected chi connectivity index (χ1v) is 15.1. The number of H-pyrrole nitrogens is 1. The molecule has 3 aromatic rings. The van der Waals surface area contributed by atoms with Gasteiger partial charge in [0.2, 0.25) is 0 Å². The molecule has 3 aliphatic rings. The average molecular weight is 601 g/mol. The third kappa shape index (κ3) is 6.35. The van der Waals surface area contributed by atoms with Gasteiger partial charge in [-0.1, -0.05) is 11.6 Å². The van der Waals surface area contributed by atoms with Crippen LogP contribution in [-0.2, 0) is 22.4 Å². The summed E-state index contributed by atoms with van der Waals surface area (Å²) in [4.78, 5) is 51.9. The molecule has 4 heterocycles. The first-order chi connectivity index (χ1) is 19.8. The van der Waals surface area contributed by atoms with Crippen molar-refractivity contribution >= 4 is 51.7 Å². The van der Waals surface area contributed by atoms with Gasteiger partial charge < -0.3 is 34.9 Å². The standard InChI is InChI=1S/C28H33ClN6O5S/c1-34-5-4-20-24(14-34)41-27(33-20)26(37)32-22-11-16(15-40-28(38)35-6-8-39-9-7-35)10-21(22)31-25(36)23-13-17-12-18(29)2-3-19(17)30-23/h2-3,12-13,16,21-22,30H,4-11,14-15H2,1H3,(H,31,36)(H,32,37)/t16?,21?,22-/m1/s1. The van der Waals surface area contributed by atoms with Gasteiger partial charge in [-0.2, -0.15) is 0 Å². The van der Waals surface area contributed by atoms with Crippen LogP contribution in [0.2, 0.25) is 5.02 Å². The quantitative estimate of drug-likeness (QED) is 0.397. The number of rotatable bonds is 6. The fourth-order valence-corrected chi connectivity index (χ4v) is 7.02. The highest BCUT2D eigenvalue weighted by molar-refractivity contribution is 7.13. The summed E-state index contributed by atoms with van der Waals surface area (Å²) in [6.07, 6.45) is 1.57. The van der Waals surface area contributed by atoms with E-state index in [0.29, 0.717) is 54.9 Å². The number of morpholine rings is 1. The zero-order chi connectivity index (χ0) is 28.5. The molecule has 2 unspecified atom stereocenters. The van der Waals surface area contributed by atoms with Crippen molar-refractivity contribution in [1.29, 1.82) is 0 Å². The molecule has 0 bridgehead atoms. The lowest BCUT2D eigenvalue weighted by Gasteiger charge is -2.26. The van der Waals surface area contributed by atoms with E-state index in [0.717, 1.165) is 41.0 Å². The van der Waals surface area contributed by atoms with Crippen LogP contribution < -0.4 is 10.6 Å². The van der Waals surface area contributed by atoms with Crippen LogP contribution in [-0.4, -0.2) is 96.3 Å². The fraction of sp³-hybridized carbons (Fsp3) is 0.500. The van der Waals surface area contributed by atoms with Gasteiger partial charge >= 0.3 is 6.09 Å². The van der Waals surface area contributed by atoms with E-state index in [-0.39, 0.29) is 42.5 Å². The maximum absolute atomic E-state index is 13.3. The van der Waals surface area contributed by atoms with Crippen molar-refractivity contribution in [3.05, 3.63) is 50.6 Å². The van der Waals surface area contributed by atoms with Crippen molar-refractivity contribution in [3.63, 3.8) is 0 Å². The number of ether oxygens (including phenoxy) is 2. The molecule has 3 atom stereocenters. The van der Waals surface area contributed by atoms with E-state index in [9.17, 15) is 14.4 Å². The molecule has 0 spiro atoms. The zero-order valence-electron chi connectivity index (χ0n) is 22.8. The summed E-state index contributed by atoms with van der Waals surface area (Å²) in [6.45, 7) is 3.91. The Morgan fingerprint density at radius 1 is 1.12 bits per heavy atom. The molecule has 1 aliphatic carbocycles. The molecule has 2 aliphatic heterocycles. The van der Waals surface area contributed by atoms with Crippen LogP contribution in [0.5, 0.6) is 0 Å². The van der Waals surface area contributed by atoms with Crippen LogP contribution in [0.3, 0.4) is 0 Å². The number of hydrogen-bond donors (Lipinski definition) is 3. The van der Waals surface area contributed by atoms with Crippen molar-refractivity contribution in [2.24, 2.45) is 5.92 Å². The number of fused-ring (bicyclic) bond motifs is 2. The maximum Gasteiger partial charge on any atom is 0.409 e. The van der Waals surface area contributed by atoms with Gasteiger partial charge in [-0.25, -0.2) is 9.78 Å².